The number of allylic oxidation sites excluding steroid dienone is 1. The maximum Gasteiger partial charge on any atom is 0.165 e. The van der Waals surface area contributed by atoms with Gasteiger partial charge in [-0.2, -0.15) is 0 Å². The molecule has 0 unspecified atom stereocenters. The molecule has 0 spiro atoms. The molecule has 0 heterocycles. The van der Waals surface area contributed by atoms with E-state index >= 15 is 0 Å². The third-order valence-electron chi connectivity index (χ3n) is 2.47. The van der Waals surface area contributed by atoms with Crippen molar-refractivity contribution in [2.24, 2.45) is 0 Å². The largest absolute Gasteiger partial charge is 0.206 e. The summed E-state index contributed by atoms with van der Waals surface area (Å²) in [4.78, 5) is 0. The van der Waals surface area contributed by atoms with E-state index in [0.29, 0.717) is 0 Å². The smallest absolute Gasteiger partial charge is 0.165 e. The Bertz CT molecular complexity index is 365. The summed E-state index contributed by atoms with van der Waals surface area (Å²) in [5, 5.41) is 0. The molecule has 1 aromatic rings. The van der Waals surface area contributed by atoms with Gasteiger partial charge in [0.25, 0.3) is 0 Å². The third-order valence-corrected chi connectivity index (χ3v) is 2.47. The van der Waals surface area contributed by atoms with Crippen molar-refractivity contribution < 1.29 is 13.2 Å². The standard InChI is InChI=1S/C12H13F3/c1-4-6-9-7(3)10(13)8(5-2)11(14)12(9)15/h4H,1,5-6H2,2-3H3. The van der Waals surface area contributed by atoms with Gasteiger partial charge in [-0.1, -0.05) is 13.0 Å². The summed E-state index contributed by atoms with van der Waals surface area (Å²) in [6.07, 6.45) is 1.70. The van der Waals surface area contributed by atoms with Crippen LogP contribution in [0.4, 0.5) is 13.2 Å². The molecule has 0 bridgehead atoms. The van der Waals surface area contributed by atoms with Crippen LogP contribution in [0.15, 0.2) is 12.7 Å². The van der Waals surface area contributed by atoms with E-state index in [9.17, 15) is 13.2 Å². The monoisotopic (exact) mass is 214 g/mol. The maximum absolute atomic E-state index is 13.6. The fourth-order valence-electron chi connectivity index (χ4n) is 1.58. The maximum atomic E-state index is 13.6. The van der Waals surface area contributed by atoms with Gasteiger partial charge >= 0.3 is 0 Å². The Morgan fingerprint density at radius 1 is 1.07 bits per heavy atom. The minimum Gasteiger partial charge on any atom is -0.206 e. The fraction of sp³-hybridized carbons (Fsp3) is 0.333. The van der Waals surface area contributed by atoms with Gasteiger partial charge < -0.3 is 0 Å². The van der Waals surface area contributed by atoms with Gasteiger partial charge in [0, 0.05) is 11.1 Å². The number of halogens is 3. The zero-order valence-electron chi connectivity index (χ0n) is 8.83. The summed E-state index contributed by atoms with van der Waals surface area (Å²) in [6, 6.07) is 0. The zero-order valence-corrected chi connectivity index (χ0v) is 8.83. The normalized spacial score (nSPS) is 10.5. The fourth-order valence-corrected chi connectivity index (χ4v) is 1.58. The Kier molecular flexibility index (Phi) is 3.56. The van der Waals surface area contributed by atoms with Crippen LogP contribution in [-0.4, -0.2) is 0 Å². The van der Waals surface area contributed by atoms with E-state index in [1.54, 1.807) is 6.92 Å². The number of hydrogen-bond acceptors (Lipinski definition) is 0. The van der Waals surface area contributed by atoms with E-state index in [-0.39, 0.29) is 29.5 Å². The summed E-state index contributed by atoms with van der Waals surface area (Å²) in [6.45, 7) is 6.47. The first-order chi connectivity index (χ1) is 7.04. The Balaban J connectivity index is 3.50. The SMILES string of the molecule is C=CCc1c(C)c(F)c(CC)c(F)c1F. The topological polar surface area (TPSA) is 0 Å². The van der Waals surface area contributed by atoms with E-state index in [2.05, 4.69) is 6.58 Å². The zero-order chi connectivity index (χ0) is 11.6. The third kappa shape index (κ3) is 1.91. The molecule has 0 aliphatic carbocycles. The Morgan fingerprint density at radius 3 is 2.07 bits per heavy atom. The van der Waals surface area contributed by atoms with Crippen LogP contribution < -0.4 is 0 Å². The molecule has 0 aliphatic heterocycles. The van der Waals surface area contributed by atoms with Crippen molar-refractivity contribution in [1.29, 1.82) is 0 Å². The van der Waals surface area contributed by atoms with E-state index in [0.717, 1.165) is 0 Å². The van der Waals surface area contributed by atoms with Crippen molar-refractivity contribution in [3.8, 4) is 0 Å². The average molecular weight is 214 g/mol. The summed E-state index contributed by atoms with van der Waals surface area (Å²) in [7, 11) is 0. The van der Waals surface area contributed by atoms with Crippen LogP contribution in [0.5, 0.6) is 0 Å². The van der Waals surface area contributed by atoms with E-state index < -0.39 is 17.5 Å². The number of benzene rings is 1. The molecule has 0 aliphatic rings. The lowest BCUT2D eigenvalue weighted by Gasteiger charge is -2.11. The predicted molar refractivity (Wildman–Crippen MR) is 54.3 cm³/mol. The first-order valence-electron chi connectivity index (χ1n) is 4.80. The molecule has 3 heteroatoms. The van der Waals surface area contributed by atoms with Crippen LogP contribution in [0.25, 0.3) is 0 Å². The first-order valence-corrected chi connectivity index (χ1v) is 4.80. The van der Waals surface area contributed by atoms with Gasteiger partial charge in [-0.25, -0.2) is 13.2 Å². The minimum atomic E-state index is -1.07. The molecule has 0 saturated carbocycles. The average Bonchev–Trinajstić information content (AvgIpc) is 2.23. The number of rotatable bonds is 3. The van der Waals surface area contributed by atoms with Crippen LogP contribution in [0.2, 0.25) is 0 Å². The first kappa shape index (κ1) is 11.8. The van der Waals surface area contributed by atoms with Gasteiger partial charge in [0.2, 0.25) is 0 Å². The van der Waals surface area contributed by atoms with Crippen LogP contribution in [-0.2, 0) is 12.8 Å². The lowest BCUT2D eigenvalue weighted by molar-refractivity contribution is 0.470. The van der Waals surface area contributed by atoms with Crippen LogP contribution in [0.1, 0.15) is 23.6 Å². The highest BCUT2D eigenvalue weighted by atomic mass is 19.2. The van der Waals surface area contributed by atoms with Crippen molar-refractivity contribution in [2.45, 2.75) is 26.7 Å². The van der Waals surface area contributed by atoms with E-state index in [1.165, 1.54) is 13.0 Å². The molecule has 0 atom stereocenters. The summed E-state index contributed by atoms with van der Waals surface area (Å²) < 4.78 is 40.5. The Morgan fingerprint density at radius 2 is 1.60 bits per heavy atom. The quantitative estimate of drug-likeness (QED) is 0.531. The van der Waals surface area contributed by atoms with Gasteiger partial charge in [-0.3, -0.25) is 0 Å². The summed E-state index contributed by atoms with van der Waals surface area (Å²) >= 11 is 0. The van der Waals surface area contributed by atoms with Crippen molar-refractivity contribution in [3.05, 3.63) is 46.8 Å². The van der Waals surface area contributed by atoms with Crippen LogP contribution in [0, 0.1) is 24.4 Å². The second-order valence-corrected chi connectivity index (χ2v) is 3.37. The minimum absolute atomic E-state index is 0.0530. The lowest BCUT2D eigenvalue weighted by atomic mass is 9.99. The molecule has 0 amide bonds. The van der Waals surface area contributed by atoms with Gasteiger partial charge in [0.15, 0.2) is 11.6 Å². The molecule has 0 saturated heterocycles. The van der Waals surface area contributed by atoms with Gasteiger partial charge in [-0.15, -0.1) is 6.58 Å². The lowest BCUT2D eigenvalue weighted by Crippen LogP contribution is -2.06. The second-order valence-electron chi connectivity index (χ2n) is 3.37. The van der Waals surface area contributed by atoms with Crippen molar-refractivity contribution in [2.75, 3.05) is 0 Å². The number of hydrogen-bond donors (Lipinski definition) is 0. The Hall–Kier alpha value is -1.25. The molecule has 0 aromatic heterocycles. The van der Waals surface area contributed by atoms with Gasteiger partial charge in [0.05, 0.1) is 0 Å². The molecule has 0 fully saturated rings. The molecule has 1 aromatic carbocycles. The van der Waals surface area contributed by atoms with Crippen molar-refractivity contribution in [3.63, 3.8) is 0 Å². The molecule has 0 nitrogen and oxygen atoms in total. The van der Waals surface area contributed by atoms with Crippen LogP contribution in [0.3, 0.4) is 0 Å². The highest BCUT2D eigenvalue weighted by Gasteiger charge is 2.20. The molecule has 0 radical (unpaired) electrons. The van der Waals surface area contributed by atoms with E-state index in [1.807, 2.05) is 0 Å². The molecular formula is C12H13F3. The molecule has 82 valence electrons. The van der Waals surface area contributed by atoms with Gasteiger partial charge in [-0.05, 0) is 25.3 Å². The molecule has 1 rings (SSSR count). The predicted octanol–water partition coefficient (Wildman–Crippen LogP) is 3.70. The Labute approximate surface area is 87.4 Å². The van der Waals surface area contributed by atoms with E-state index in [4.69, 9.17) is 0 Å². The van der Waals surface area contributed by atoms with Crippen molar-refractivity contribution in [1.82, 2.24) is 0 Å². The second kappa shape index (κ2) is 4.51. The van der Waals surface area contributed by atoms with Crippen LogP contribution >= 0.6 is 0 Å². The molecule has 0 N–H and O–H groups in total. The van der Waals surface area contributed by atoms with Crippen molar-refractivity contribution >= 4 is 0 Å². The molecular weight excluding hydrogens is 201 g/mol. The van der Waals surface area contributed by atoms with Gasteiger partial charge in [0.1, 0.15) is 5.82 Å². The molecule has 15 heavy (non-hydrogen) atoms. The highest BCUT2D eigenvalue weighted by molar-refractivity contribution is 5.36. The summed E-state index contributed by atoms with van der Waals surface area (Å²) in [5.41, 5.74) is 0.0423. The summed E-state index contributed by atoms with van der Waals surface area (Å²) in [5.74, 6) is -2.67. The highest BCUT2D eigenvalue weighted by Crippen LogP contribution is 2.25.